The minimum atomic E-state index is -2.91. The van der Waals surface area contributed by atoms with Gasteiger partial charge in [0.25, 0.3) is 12.1 Å². The van der Waals surface area contributed by atoms with Crippen LogP contribution in [0.15, 0.2) is 6.07 Å². The Morgan fingerprint density at radius 2 is 2.31 bits per heavy atom. The summed E-state index contributed by atoms with van der Waals surface area (Å²) in [6.07, 6.45) is -2.91. The molecule has 0 saturated carbocycles. The molecule has 0 unspecified atom stereocenters. The molecule has 0 radical (unpaired) electrons. The molecule has 1 rings (SSSR count). The van der Waals surface area contributed by atoms with E-state index in [4.69, 9.17) is 5.26 Å². The van der Waals surface area contributed by atoms with E-state index in [1.54, 1.807) is 6.07 Å². The Kier molecular flexibility index (Phi) is 3.84. The zero-order valence-corrected chi connectivity index (χ0v) is 9.24. The number of nitro groups is 1. The summed E-state index contributed by atoms with van der Waals surface area (Å²) in [6.45, 7) is 0. The largest absolute Gasteiger partial charge is 0.291 e. The van der Waals surface area contributed by atoms with Gasteiger partial charge in [0.1, 0.15) is 11.8 Å². The lowest BCUT2D eigenvalue weighted by atomic mass is 10.1. The second-order valence-electron chi connectivity index (χ2n) is 2.69. The van der Waals surface area contributed by atoms with Gasteiger partial charge in [-0.3, -0.25) is 10.1 Å². The molecule has 0 fully saturated rings. The zero-order valence-electron chi connectivity index (χ0n) is 7.65. The number of alkyl halides is 3. The molecular formula is C8H4BrF2N3O2. The SMILES string of the molecule is N#Cc1c([N+](=O)[O-])cc(C(F)F)nc1CBr. The average Bonchev–Trinajstić information content (AvgIpc) is 2.26. The minimum absolute atomic E-state index is 0.00269. The van der Waals surface area contributed by atoms with Crippen LogP contribution < -0.4 is 0 Å². The van der Waals surface area contributed by atoms with Crippen LogP contribution in [0.3, 0.4) is 0 Å². The predicted octanol–water partition coefficient (Wildman–Crippen LogP) is 2.69. The van der Waals surface area contributed by atoms with Crippen LogP contribution in [-0.4, -0.2) is 9.91 Å². The molecule has 1 aromatic rings. The summed E-state index contributed by atoms with van der Waals surface area (Å²) >= 11 is 2.93. The van der Waals surface area contributed by atoms with Gasteiger partial charge in [0.15, 0.2) is 5.56 Å². The van der Waals surface area contributed by atoms with Crippen molar-refractivity contribution in [1.82, 2.24) is 4.98 Å². The Morgan fingerprint density at radius 1 is 1.69 bits per heavy atom. The summed E-state index contributed by atoms with van der Waals surface area (Å²) in [5.74, 6) is 0. The summed E-state index contributed by atoms with van der Waals surface area (Å²) < 4.78 is 24.8. The molecule has 84 valence electrons. The van der Waals surface area contributed by atoms with E-state index >= 15 is 0 Å². The molecule has 0 N–H and O–H groups in total. The van der Waals surface area contributed by atoms with E-state index in [2.05, 4.69) is 20.9 Å². The maximum atomic E-state index is 12.4. The highest BCUT2D eigenvalue weighted by molar-refractivity contribution is 9.08. The third-order valence-electron chi connectivity index (χ3n) is 1.75. The average molecular weight is 292 g/mol. The van der Waals surface area contributed by atoms with Crippen LogP contribution >= 0.6 is 15.9 Å². The Morgan fingerprint density at radius 3 is 2.69 bits per heavy atom. The first-order valence-corrected chi connectivity index (χ1v) is 5.05. The van der Waals surface area contributed by atoms with Crippen LogP contribution in [0.1, 0.15) is 23.4 Å². The molecule has 8 heteroatoms. The summed E-state index contributed by atoms with van der Waals surface area (Å²) in [6, 6.07) is 2.20. The number of nitrogens with zero attached hydrogens (tertiary/aromatic N) is 3. The molecule has 0 bridgehead atoms. The van der Waals surface area contributed by atoms with Crippen molar-refractivity contribution in [2.24, 2.45) is 0 Å². The summed E-state index contributed by atoms with van der Waals surface area (Å²) in [5.41, 5.74) is -1.72. The van der Waals surface area contributed by atoms with E-state index in [9.17, 15) is 18.9 Å². The van der Waals surface area contributed by atoms with Gasteiger partial charge in [-0.1, -0.05) is 15.9 Å². The first kappa shape index (κ1) is 12.4. The molecule has 0 spiro atoms. The number of pyridine rings is 1. The summed E-state index contributed by atoms with van der Waals surface area (Å²) in [4.78, 5) is 13.2. The Hall–Kier alpha value is -1.62. The molecule has 0 aromatic carbocycles. The smallest absolute Gasteiger partial charge is 0.258 e. The lowest BCUT2D eigenvalue weighted by molar-refractivity contribution is -0.385. The van der Waals surface area contributed by atoms with E-state index in [0.717, 1.165) is 0 Å². The van der Waals surface area contributed by atoms with Gasteiger partial charge in [-0.05, 0) is 0 Å². The van der Waals surface area contributed by atoms with Crippen LogP contribution in [0.5, 0.6) is 0 Å². The Labute approximate surface area is 97.0 Å². The zero-order chi connectivity index (χ0) is 12.3. The molecule has 0 aliphatic rings. The van der Waals surface area contributed by atoms with Gasteiger partial charge in [-0.15, -0.1) is 0 Å². The first-order chi connectivity index (χ1) is 7.51. The summed E-state index contributed by atoms with van der Waals surface area (Å²) in [7, 11) is 0. The van der Waals surface area contributed by atoms with Gasteiger partial charge < -0.3 is 0 Å². The van der Waals surface area contributed by atoms with Crippen molar-refractivity contribution < 1.29 is 13.7 Å². The van der Waals surface area contributed by atoms with Crippen molar-refractivity contribution in [2.45, 2.75) is 11.8 Å². The maximum Gasteiger partial charge on any atom is 0.291 e. The van der Waals surface area contributed by atoms with Crippen molar-refractivity contribution in [3.8, 4) is 6.07 Å². The minimum Gasteiger partial charge on any atom is -0.258 e. The number of aromatic nitrogens is 1. The monoisotopic (exact) mass is 291 g/mol. The van der Waals surface area contributed by atoms with Crippen molar-refractivity contribution in [3.63, 3.8) is 0 Å². The standard InChI is InChI=1S/C8H4BrF2N3O2/c9-2-6-4(3-12)7(14(15)16)1-5(13-6)8(10)11/h1,8H,2H2. The molecular weight excluding hydrogens is 288 g/mol. The molecule has 16 heavy (non-hydrogen) atoms. The van der Waals surface area contributed by atoms with E-state index in [0.29, 0.717) is 6.07 Å². The highest BCUT2D eigenvalue weighted by Crippen LogP contribution is 2.27. The van der Waals surface area contributed by atoms with Gasteiger partial charge in [0.2, 0.25) is 0 Å². The number of halogens is 3. The predicted molar refractivity (Wildman–Crippen MR) is 53.2 cm³/mol. The lowest BCUT2D eigenvalue weighted by Gasteiger charge is -2.04. The van der Waals surface area contributed by atoms with Crippen molar-refractivity contribution >= 4 is 21.6 Å². The Balaban J connectivity index is 3.51. The van der Waals surface area contributed by atoms with E-state index in [1.807, 2.05) is 0 Å². The Bertz CT molecular complexity index is 473. The van der Waals surface area contributed by atoms with Gasteiger partial charge in [0.05, 0.1) is 10.6 Å². The molecule has 5 nitrogen and oxygen atoms in total. The van der Waals surface area contributed by atoms with E-state index < -0.39 is 22.7 Å². The number of hydrogen-bond acceptors (Lipinski definition) is 4. The van der Waals surface area contributed by atoms with Crippen molar-refractivity contribution in [2.75, 3.05) is 0 Å². The van der Waals surface area contributed by atoms with Crippen LogP contribution in [0.25, 0.3) is 0 Å². The molecule has 0 aliphatic heterocycles. The van der Waals surface area contributed by atoms with Gasteiger partial charge >= 0.3 is 0 Å². The molecule has 1 aromatic heterocycles. The quantitative estimate of drug-likeness (QED) is 0.487. The van der Waals surface area contributed by atoms with Crippen molar-refractivity contribution in [3.05, 3.63) is 33.1 Å². The fourth-order valence-corrected chi connectivity index (χ4v) is 1.48. The second-order valence-corrected chi connectivity index (χ2v) is 3.25. The number of nitriles is 1. The van der Waals surface area contributed by atoms with E-state index in [-0.39, 0.29) is 16.6 Å². The number of hydrogen-bond donors (Lipinski definition) is 0. The normalized spacial score (nSPS) is 10.2. The molecule has 1 heterocycles. The third-order valence-corrected chi connectivity index (χ3v) is 2.28. The van der Waals surface area contributed by atoms with Crippen LogP contribution in [0.4, 0.5) is 14.5 Å². The van der Waals surface area contributed by atoms with Crippen molar-refractivity contribution in [1.29, 1.82) is 5.26 Å². The molecule has 0 aliphatic carbocycles. The summed E-state index contributed by atoms with van der Waals surface area (Å²) in [5, 5.41) is 19.3. The van der Waals surface area contributed by atoms with Gasteiger partial charge in [-0.25, -0.2) is 13.8 Å². The highest BCUT2D eigenvalue weighted by Gasteiger charge is 2.23. The highest BCUT2D eigenvalue weighted by atomic mass is 79.9. The molecule has 0 amide bonds. The van der Waals surface area contributed by atoms with Gasteiger partial charge in [-0.2, -0.15) is 5.26 Å². The topological polar surface area (TPSA) is 79.8 Å². The second kappa shape index (κ2) is 4.94. The fraction of sp³-hybridized carbons (Fsp3) is 0.250. The van der Waals surface area contributed by atoms with E-state index in [1.165, 1.54) is 0 Å². The maximum absolute atomic E-state index is 12.4. The molecule has 0 saturated heterocycles. The lowest BCUT2D eigenvalue weighted by Crippen LogP contribution is -2.03. The van der Waals surface area contributed by atoms with Crippen LogP contribution in [-0.2, 0) is 5.33 Å². The van der Waals surface area contributed by atoms with Crippen LogP contribution in [0, 0.1) is 21.4 Å². The van der Waals surface area contributed by atoms with Gasteiger partial charge in [0, 0.05) is 11.4 Å². The first-order valence-electron chi connectivity index (χ1n) is 3.93. The fourth-order valence-electron chi connectivity index (χ4n) is 1.08. The number of rotatable bonds is 3. The molecule has 0 atom stereocenters. The third kappa shape index (κ3) is 2.30. The van der Waals surface area contributed by atoms with Crippen LogP contribution in [0.2, 0.25) is 0 Å².